The van der Waals surface area contributed by atoms with Gasteiger partial charge in [0, 0.05) is 0 Å². The number of carboxylic acid groups (broad SMARTS) is 1. The minimum atomic E-state index is -1.14. The lowest BCUT2D eigenvalue weighted by Crippen LogP contribution is -2.26. The summed E-state index contributed by atoms with van der Waals surface area (Å²) in [5.41, 5.74) is 1.79. The molecule has 0 amide bonds. The predicted octanol–water partition coefficient (Wildman–Crippen LogP) is 8.31. The van der Waals surface area contributed by atoms with Crippen LogP contribution >= 0.6 is 11.6 Å². The molecule has 0 aromatic heterocycles. The van der Waals surface area contributed by atoms with Gasteiger partial charge in [-0.25, -0.2) is 9.18 Å². The minimum Gasteiger partial charge on any atom is -0.494 e. The van der Waals surface area contributed by atoms with Crippen LogP contribution in [0.25, 0.3) is 11.1 Å². The van der Waals surface area contributed by atoms with Crippen molar-refractivity contribution in [3.8, 4) is 16.9 Å². The van der Waals surface area contributed by atoms with Gasteiger partial charge in [0.25, 0.3) is 0 Å². The van der Waals surface area contributed by atoms with E-state index in [1.54, 1.807) is 18.2 Å². The molecule has 0 fully saturated rings. The minimum absolute atomic E-state index is 0.00842. The van der Waals surface area contributed by atoms with Gasteiger partial charge in [0.1, 0.15) is 11.9 Å². The van der Waals surface area contributed by atoms with E-state index in [0.717, 1.165) is 49.8 Å². The first kappa shape index (κ1) is 29.1. The van der Waals surface area contributed by atoms with E-state index in [2.05, 4.69) is 6.92 Å². The van der Waals surface area contributed by atoms with Gasteiger partial charge in [-0.2, -0.15) is 0 Å². The van der Waals surface area contributed by atoms with Crippen LogP contribution in [-0.2, 0) is 4.74 Å². The maximum Gasteiger partial charge on any atom is 0.336 e. The number of halogens is 2. The molecule has 2 aromatic carbocycles. The van der Waals surface area contributed by atoms with Gasteiger partial charge in [-0.05, 0) is 55.0 Å². The number of carbonyl (C=O) groups is 1. The van der Waals surface area contributed by atoms with Crippen molar-refractivity contribution in [2.24, 2.45) is 0 Å². The molecule has 194 valence electrons. The molecule has 0 heterocycles. The number of benzene rings is 2. The van der Waals surface area contributed by atoms with E-state index < -0.39 is 17.5 Å². The smallest absolute Gasteiger partial charge is 0.336 e. The fourth-order valence-corrected chi connectivity index (χ4v) is 4.34. The first-order valence-corrected chi connectivity index (χ1v) is 13.3. The molecule has 0 aliphatic heterocycles. The molecule has 2 rings (SSSR count). The van der Waals surface area contributed by atoms with Crippen LogP contribution in [0.2, 0.25) is 0 Å². The Morgan fingerprint density at radius 3 is 2.34 bits per heavy atom. The summed E-state index contributed by atoms with van der Waals surface area (Å²) in [6, 6.07) is 14.4. The lowest BCUT2D eigenvalue weighted by atomic mass is 10.00. The number of alkyl halides is 2. The number of ether oxygens (including phenoxy) is 2. The van der Waals surface area contributed by atoms with Crippen LogP contribution in [0, 0.1) is 0 Å². The normalized spacial score (nSPS) is 13.8. The van der Waals surface area contributed by atoms with Gasteiger partial charge in [-0.1, -0.05) is 76.3 Å². The zero-order valence-corrected chi connectivity index (χ0v) is 21.8. The number of unbranched alkanes of at least 4 members (excludes halogenated alkanes) is 3. The molecule has 0 spiro atoms. The lowest BCUT2D eigenvalue weighted by Gasteiger charge is -2.21. The highest BCUT2D eigenvalue weighted by molar-refractivity contribution is 6.21. The monoisotopic (exact) mass is 506 g/mol. The first-order chi connectivity index (χ1) is 17.0. The van der Waals surface area contributed by atoms with Crippen LogP contribution in [0.15, 0.2) is 48.5 Å². The highest BCUT2D eigenvalue weighted by Gasteiger charge is 2.20. The zero-order valence-electron chi connectivity index (χ0n) is 21.1. The van der Waals surface area contributed by atoms with Crippen molar-refractivity contribution in [3.05, 3.63) is 54.1 Å². The maximum atomic E-state index is 14.3. The summed E-state index contributed by atoms with van der Waals surface area (Å²) < 4.78 is 26.1. The van der Waals surface area contributed by atoms with Crippen molar-refractivity contribution < 1.29 is 23.8 Å². The van der Waals surface area contributed by atoms with Crippen molar-refractivity contribution in [1.82, 2.24) is 0 Å². The summed E-state index contributed by atoms with van der Waals surface area (Å²) in [4.78, 5) is 11.5. The zero-order chi connectivity index (χ0) is 25.5. The summed E-state index contributed by atoms with van der Waals surface area (Å²) in [6.07, 6.45) is 7.54. The largest absolute Gasteiger partial charge is 0.494 e. The van der Waals surface area contributed by atoms with Crippen molar-refractivity contribution in [2.45, 2.75) is 89.3 Å². The Balaban J connectivity index is 1.83. The molecule has 1 N–H and O–H groups in total. The van der Waals surface area contributed by atoms with E-state index in [9.17, 15) is 14.3 Å². The van der Waals surface area contributed by atoms with E-state index in [4.69, 9.17) is 21.1 Å². The second kappa shape index (κ2) is 16.5. The summed E-state index contributed by atoms with van der Waals surface area (Å²) >= 11 is 6.13. The molecule has 4 nitrogen and oxygen atoms in total. The third kappa shape index (κ3) is 10.6. The van der Waals surface area contributed by atoms with Crippen LogP contribution in [0.3, 0.4) is 0 Å². The molecule has 0 saturated heterocycles. The Kier molecular flexibility index (Phi) is 13.8. The fraction of sp³-hybridized carbons (Fsp3) is 0.552. The van der Waals surface area contributed by atoms with Crippen LogP contribution in [0.4, 0.5) is 4.39 Å². The fourth-order valence-electron chi connectivity index (χ4n) is 4.05. The molecule has 1 unspecified atom stereocenters. The Labute approximate surface area is 214 Å². The second-order valence-corrected chi connectivity index (χ2v) is 9.55. The maximum absolute atomic E-state index is 14.3. The van der Waals surface area contributed by atoms with E-state index >= 15 is 0 Å². The van der Waals surface area contributed by atoms with Gasteiger partial charge >= 0.3 is 5.97 Å². The van der Waals surface area contributed by atoms with Crippen LogP contribution in [-0.4, -0.2) is 41.9 Å². The van der Waals surface area contributed by atoms with Crippen LogP contribution in [0.1, 0.15) is 82.0 Å². The molecular weight excluding hydrogens is 467 g/mol. The SMILES string of the molecule is CCCCCCC(CCCOc1ccc(-c2ccccc2C(=O)O)cc1)OC[C@H](F)[C@H](Cl)CCC. The molecule has 0 radical (unpaired) electrons. The van der Waals surface area contributed by atoms with Gasteiger partial charge in [-0.3, -0.25) is 0 Å². The van der Waals surface area contributed by atoms with Gasteiger partial charge in [-0.15, -0.1) is 11.6 Å². The molecule has 0 aliphatic rings. The average Bonchev–Trinajstić information content (AvgIpc) is 2.87. The summed E-state index contributed by atoms with van der Waals surface area (Å²) in [6.45, 7) is 4.77. The Morgan fingerprint density at radius 1 is 0.943 bits per heavy atom. The Morgan fingerprint density at radius 2 is 1.66 bits per heavy atom. The van der Waals surface area contributed by atoms with E-state index in [-0.39, 0.29) is 18.3 Å². The number of carboxylic acids is 1. The molecule has 0 bridgehead atoms. The quantitative estimate of drug-likeness (QED) is 0.163. The standard InChI is InChI=1S/C29H40ClFO4/c1-3-5-6-7-12-23(35-21-28(31)27(30)11-4-2)13-10-20-34-24-18-16-22(17-19-24)25-14-8-9-15-26(25)29(32)33/h8-9,14-19,23,27-28H,3-7,10-13,20-21H2,1-2H3,(H,32,33)/t23?,27-,28+/m1/s1. The van der Waals surface area contributed by atoms with Crippen LogP contribution in [0.5, 0.6) is 5.75 Å². The van der Waals surface area contributed by atoms with Gasteiger partial charge < -0.3 is 14.6 Å². The second-order valence-electron chi connectivity index (χ2n) is 8.99. The van der Waals surface area contributed by atoms with Crippen molar-refractivity contribution in [1.29, 1.82) is 0 Å². The van der Waals surface area contributed by atoms with Crippen molar-refractivity contribution in [3.63, 3.8) is 0 Å². The van der Waals surface area contributed by atoms with Crippen molar-refractivity contribution in [2.75, 3.05) is 13.2 Å². The molecule has 0 saturated carbocycles. The number of hydrogen-bond acceptors (Lipinski definition) is 3. The first-order valence-electron chi connectivity index (χ1n) is 12.9. The summed E-state index contributed by atoms with van der Waals surface area (Å²) in [5.74, 6) is -0.214. The Hall–Kier alpha value is -2.11. The summed E-state index contributed by atoms with van der Waals surface area (Å²) in [5, 5.41) is 8.92. The van der Waals surface area contributed by atoms with E-state index in [1.807, 2.05) is 37.3 Å². The van der Waals surface area contributed by atoms with Crippen molar-refractivity contribution >= 4 is 17.6 Å². The Bertz CT molecular complexity index is 858. The van der Waals surface area contributed by atoms with Crippen LogP contribution < -0.4 is 4.74 Å². The molecule has 6 heteroatoms. The average molecular weight is 507 g/mol. The molecule has 0 aliphatic carbocycles. The number of aromatic carboxylic acids is 1. The highest BCUT2D eigenvalue weighted by Crippen LogP contribution is 2.26. The summed E-state index contributed by atoms with van der Waals surface area (Å²) in [7, 11) is 0. The van der Waals surface area contributed by atoms with E-state index in [1.165, 1.54) is 12.8 Å². The highest BCUT2D eigenvalue weighted by atomic mass is 35.5. The number of hydrogen-bond donors (Lipinski definition) is 1. The molecule has 35 heavy (non-hydrogen) atoms. The molecule has 2 aromatic rings. The topological polar surface area (TPSA) is 55.8 Å². The van der Waals surface area contributed by atoms with E-state index in [0.29, 0.717) is 18.6 Å². The number of rotatable bonds is 18. The molecule has 3 atom stereocenters. The molecular formula is C29H40ClFO4. The lowest BCUT2D eigenvalue weighted by molar-refractivity contribution is 0.00451. The third-order valence-electron chi connectivity index (χ3n) is 6.09. The van der Waals surface area contributed by atoms with Gasteiger partial charge in [0.05, 0.1) is 30.3 Å². The van der Waals surface area contributed by atoms with Gasteiger partial charge in [0.15, 0.2) is 0 Å². The van der Waals surface area contributed by atoms with Gasteiger partial charge in [0.2, 0.25) is 0 Å². The predicted molar refractivity (Wildman–Crippen MR) is 142 cm³/mol. The third-order valence-corrected chi connectivity index (χ3v) is 6.58.